The van der Waals surface area contributed by atoms with Crippen molar-refractivity contribution in [2.24, 2.45) is 0 Å². The molecule has 2 heteroatoms. The van der Waals surface area contributed by atoms with Crippen molar-refractivity contribution in [2.45, 2.75) is 52.4 Å². The number of carbonyl (C=O) groups excluding carboxylic acids is 1. The van der Waals surface area contributed by atoms with Crippen molar-refractivity contribution in [1.29, 1.82) is 0 Å². The van der Waals surface area contributed by atoms with E-state index in [2.05, 4.69) is 6.92 Å². The molecule has 0 aromatic heterocycles. The van der Waals surface area contributed by atoms with Crippen molar-refractivity contribution < 1.29 is 9.90 Å². The van der Waals surface area contributed by atoms with Crippen molar-refractivity contribution in [3.8, 4) is 0 Å². The Hall–Kier alpha value is -0.790. The molecule has 0 heterocycles. The van der Waals surface area contributed by atoms with Gasteiger partial charge in [0.25, 0.3) is 0 Å². The van der Waals surface area contributed by atoms with Gasteiger partial charge in [0.2, 0.25) is 0 Å². The van der Waals surface area contributed by atoms with E-state index in [4.69, 9.17) is 0 Å². The van der Waals surface area contributed by atoms with Crippen LogP contribution in [-0.2, 0) is 4.79 Å². The lowest BCUT2D eigenvalue weighted by molar-refractivity contribution is -0.299. The maximum atomic E-state index is 10.6. The van der Waals surface area contributed by atoms with E-state index in [0.29, 0.717) is 12.0 Å². The molecule has 0 aliphatic rings. The first kappa shape index (κ1) is 12.2. The molecule has 0 saturated carbocycles. The molecule has 0 fully saturated rings. The second-order valence-electron chi connectivity index (χ2n) is 3.24. The maximum absolute atomic E-state index is 10.6. The van der Waals surface area contributed by atoms with Crippen molar-refractivity contribution in [2.75, 3.05) is 0 Å². The van der Waals surface area contributed by atoms with Gasteiger partial charge in [-0.15, -0.1) is 0 Å². The van der Waals surface area contributed by atoms with Crippen LogP contribution in [0.3, 0.4) is 0 Å². The van der Waals surface area contributed by atoms with Gasteiger partial charge in [0.05, 0.1) is 5.97 Å². The lowest BCUT2D eigenvalue weighted by atomic mass is 10.1. The Morgan fingerprint density at radius 1 is 1.23 bits per heavy atom. The van der Waals surface area contributed by atoms with Crippen LogP contribution in [0.15, 0.2) is 11.6 Å². The number of hydrogen-bond donors (Lipinski definition) is 0. The highest BCUT2D eigenvalue weighted by Gasteiger charge is 1.97. The van der Waals surface area contributed by atoms with Gasteiger partial charge in [-0.2, -0.15) is 0 Å². The van der Waals surface area contributed by atoms with Crippen LogP contribution in [0.5, 0.6) is 0 Å². The molecule has 0 aromatic rings. The molecule has 0 unspecified atom stereocenters. The highest BCUT2D eigenvalue weighted by Crippen LogP contribution is 2.10. The SMILES string of the molecule is CC/C=C(/CCCCCC)C(=O)[O-]. The summed E-state index contributed by atoms with van der Waals surface area (Å²) in [6.07, 6.45) is 7.64. The van der Waals surface area contributed by atoms with Gasteiger partial charge in [0.15, 0.2) is 0 Å². The van der Waals surface area contributed by atoms with Crippen LogP contribution in [0, 0.1) is 0 Å². The number of carboxylic acids is 1. The average Bonchev–Trinajstić information content (AvgIpc) is 2.10. The Morgan fingerprint density at radius 3 is 2.38 bits per heavy atom. The number of hydrogen-bond acceptors (Lipinski definition) is 2. The zero-order valence-corrected chi connectivity index (χ0v) is 8.64. The normalized spacial score (nSPS) is 11.7. The molecule has 0 aliphatic heterocycles. The molecule has 76 valence electrons. The second kappa shape index (κ2) is 7.84. The van der Waals surface area contributed by atoms with Gasteiger partial charge in [-0.05, 0) is 24.8 Å². The molecule has 0 saturated heterocycles. The monoisotopic (exact) mass is 183 g/mol. The minimum absolute atomic E-state index is 0.471. The topological polar surface area (TPSA) is 40.1 Å². The van der Waals surface area contributed by atoms with Gasteiger partial charge >= 0.3 is 0 Å². The van der Waals surface area contributed by atoms with E-state index in [1.165, 1.54) is 12.8 Å². The van der Waals surface area contributed by atoms with E-state index in [9.17, 15) is 9.90 Å². The summed E-state index contributed by atoms with van der Waals surface area (Å²) in [6.45, 7) is 4.08. The summed E-state index contributed by atoms with van der Waals surface area (Å²) in [6, 6.07) is 0. The summed E-state index contributed by atoms with van der Waals surface area (Å²) in [4.78, 5) is 10.6. The summed E-state index contributed by atoms with van der Waals surface area (Å²) in [7, 11) is 0. The van der Waals surface area contributed by atoms with E-state index in [-0.39, 0.29) is 0 Å². The molecule has 0 bridgehead atoms. The minimum atomic E-state index is -1.00. The van der Waals surface area contributed by atoms with Crippen molar-refractivity contribution in [1.82, 2.24) is 0 Å². The zero-order valence-electron chi connectivity index (χ0n) is 8.64. The summed E-state index contributed by atoms with van der Waals surface area (Å²) < 4.78 is 0. The molecule has 13 heavy (non-hydrogen) atoms. The summed E-state index contributed by atoms with van der Waals surface area (Å²) in [5, 5.41) is 10.6. The molecule has 0 radical (unpaired) electrons. The molecule has 0 aliphatic carbocycles. The van der Waals surface area contributed by atoms with Crippen LogP contribution in [0.25, 0.3) is 0 Å². The Bertz CT molecular complexity index is 171. The molecule has 0 amide bonds. The van der Waals surface area contributed by atoms with Crippen molar-refractivity contribution >= 4 is 5.97 Å². The molecule has 0 aromatic carbocycles. The number of carboxylic acid groups (broad SMARTS) is 1. The molecule has 2 nitrogen and oxygen atoms in total. The first-order valence-corrected chi connectivity index (χ1v) is 5.12. The summed E-state index contributed by atoms with van der Waals surface area (Å²) in [5.41, 5.74) is 0.471. The van der Waals surface area contributed by atoms with Crippen LogP contribution >= 0.6 is 0 Å². The van der Waals surface area contributed by atoms with Gasteiger partial charge in [0.1, 0.15) is 0 Å². The van der Waals surface area contributed by atoms with Crippen LogP contribution in [0.4, 0.5) is 0 Å². The van der Waals surface area contributed by atoms with E-state index in [0.717, 1.165) is 19.3 Å². The fraction of sp³-hybridized carbons (Fsp3) is 0.727. The van der Waals surface area contributed by atoms with Crippen LogP contribution < -0.4 is 5.11 Å². The third kappa shape index (κ3) is 6.38. The van der Waals surface area contributed by atoms with Crippen molar-refractivity contribution in [3.63, 3.8) is 0 Å². The molecular formula is C11H19O2-. The third-order valence-corrected chi connectivity index (χ3v) is 2.01. The van der Waals surface area contributed by atoms with E-state index < -0.39 is 5.97 Å². The maximum Gasteiger partial charge on any atom is 0.0671 e. The first-order valence-electron chi connectivity index (χ1n) is 5.12. The number of unbranched alkanes of at least 4 members (excludes halogenated alkanes) is 3. The number of carbonyl (C=O) groups is 1. The highest BCUT2D eigenvalue weighted by molar-refractivity contribution is 5.84. The molecule has 0 spiro atoms. The Balaban J connectivity index is 3.71. The Labute approximate surface area is 80.7 Å². The molecular weight excluding hydrogens is 164 g/mol. The Morgan fingerprint density at radius 2 is 1.92 bits per heavy atom. The fourth-order valence-corrected chi connectivity index (χ4v) is 1.28. The smallest absolute Gasteiger partial charge is 0.0671 e. The lowest BCUT2D eigenvalue weighted by Crippen LogP contribution is -2.24. The second-order valence-corrected chi connectivity index (χ2v) is 3.24. The minimum Gasteiger partial charge on any atom is -0.545 e. The number of allylic oxidation sites excluding steroid dienone is 1. The number of rotatable bonds is 7. The van der Waals surface area contributed by atoms with Crippen molar-refractivity contribution in [3.05, 3.63) is 11.6 Å². The molecule has 0 atom stereocenters. The molecule has 0 N–H and O–H groups in total. The standard InChI is InChI=1S/C11H20O2/c1-3-5-6-7-9-10(8-4-2)11(12)13/h8H,3-7,9H2,1-2H3,(H,12,13)/p-1/b10-8-. The third-order valence-electron chi connectivity index (χ3n) is 2.01. The highest BCUT2D eigenvalue weighted by atomic mass is 16.4. The predicted octanol–water partition coefficient (Wildman–Crippen LogP) is 2.04. The number of aliphatic carboxylic acids is 1. The fourth-order valence-electron chi connectivity index (χ4n) is 1.28. The summed E-state index contributed by atoms with van der Waals surface area (Å²) >= 11 is 0. The van der Waals surface area contributed by atoms with E-state index >= 15 is 0 Å². The van der Waals surface area contributed by atoms with Crippen LogP contribution in [0.2, 0.25) is 0 Å². The first-order chi connectivity index (χ1) is 6.22. The molecule has 0 rings (SSSR count). The van der Waals surface area contributed by atoms with Gasteiger partial charge in [-0.25, -0.2) is 0 Å². The van der Waals surface area contributed by atoms with Gasteiger partial charge in [-0.3, -0.25) is 0 Å². The largest absolute Gasteiger partial charge is 0.545 e. The van der Waals surface area contributed by atoms with Gasteiger partial charge in [0, 0.05) is 0 Å². The van der Waals surface area contributed by atoms with Gasteiger partial charge in [-0.1, -0.05) is 39.2 Å². The van der Waals surface area contributed by atoms with Crippen LogP contribution in [0.1, 0.15) is 52.4 Å². The predicted molar refractivity (Wildman–Crippen MR) is 52.1 cm³/mol. The summed E-state index contributed by atoms with van der Waals surface area (Å²) in [5.74, 6) is -1.00. The van der Waals surface area contributed by atoms with Crippen LogP contribution in [-0.4, -0.2) is 5.97 Å². The zero-order chi connectivity index (χ0) is 10.1. The van der Waals surface area contributed by atoms with E-state index in [1.807, 2.05) is 6.92 Å². The Kier molecular flexibility index (Phi) is 7.36. The van der Waals surface area contributed by atoms with Gasteiger partial charge < -0.3 is 9.90 Å². The lowest BCUT2D eigenvalue weighted by Gasteiger charge is -2.07. The average molecular weight is 183 g/mol. The van der Waals surface area contributed by atoms with E-state index in [1.54, 1.807) is 6.08 Å². The quantitative estimate of drug-likeness (QED) is 0.447.